The molecule has 0 spiro atoms. The van der Waals surface area contributed by atoms with E-state index in [0.29, 0.717) is 27.9 Å². The molecule has 2 aromatic carbocycles. The molecule has 0 saturated heterocycles. The van der Waals surface area contributed by atoms with Gasteiger partial charge in [0.2, 0.25) is 0 Å². The summed E-state index contributed by atoms with van der Waals surface area (Å²) in [4.78, 5) is 28.6. The second kappa shape index (κ2) is 10.3. The van der Waals surface area contributed by atoms with Gasteiger partial charge in [-0.3, -0.25) is 9.59 Å². The Kier molecular flexibility index (Phi) is 7.49. The molecule has 1 N–H and O–H groups in total. The molecule has 1 aromatic heterocycles. The van der Waals surface area contributed by atoms with Crippen LogP contribution >= 0.6 is 22.9 Å². The summed E-state index contributed by atoms with van der Waals surface area (Å²) in [7, 11) is 3.13. The molecule has 0 aliphatic rings. The first kappa shape index (κ1) is 22.6. The lowest BCUT2D eigenvalue weighted by Gasteiger charge is -2.08. The molecule has 9 heteroatoms. The lowest BCUT2D eigenvalue weighted by molar-refractivity contribution is -0.146. The maximum Gasteiger partial charge on any atom is 0.312 e. The third-order valence-electron chi connectivity index (χ3n) is 4.33. The second-order valence-electron chi connectivity index (χ2n) is 6.56. The van der Waals surface area contributed by atoms with E-state index in [9.17, 15) is 9.59 Å². The zero-order valence-corrected chi connectivity index (χ0v) is 18.8. The number of carbonyl (C=O) groups is 2. The van der Waals surface area contributed by atoms with Gasteiger partial charge in [0.1, 0.15) is 5.01 Å². The SMILES string of the molecule is COc1ccc(-c2nc(CC(=O)OCC(=O)Nc3ccc(C)c(Cl)c3)cs2)cc1OC. The molecule has 0 radical (unpaired) electrons. The lowest BCUT2D eigenvalue weighted by Crippen LogP contribution is -2.21. The highest BCUT2D eigenvalue weighted by molar-refractivity contribution is 7.13. The third kappa shape index (κ3) is 5.96. The van der Waals surface area contributed by atoms with Crippen molar-refractivity contribution in [1.29, 1.82) is 0 Å². The average molecular weight is 461 g/mol. The Morgan fingerprint density at radius 2 is 1.87 bits per heavy atom. The fraction of sp³-hybridized carbons (Fsp3) is 0.227. The molecule has 0 saturated carbocycles. The fourth-order valence-corrected chi connectivity index (χ4v) is 3.70. The Labute approximate surface area is 188 Å². The Morgan fingerprint density at radius 1 is 1.10 bits per heavy atom. The van der Waals surface area contributed by atoms with Crippen molar-refractivity contribution < 1.29 is 23.8 Å². The summed E-state index contributed by atoms with van der Waals surface area (Å²) in [5, 5.41) is 5.70. The van der Waals surface area contributed by atoms with Gasteiger partial charge >= 0.3 is 5.97 Å². The lowest BCUT2D eigenvalue weighted by atomic mass is 10.2. The Balaban J connectivity index is 1.54. The summed E-state index contributed by atoms with van der Waals surface area (Å²) in [5.74, 6) is 0.230. The van der Waals surface area contributed by atoms with Crippen molar-refractivity contribution in [3.63, 3.8) is 0 Å². The molecule has 0 bridgehead atoms. The van der Waals surface area contributed by atoms with Crippen LogP contribution in [-0.4, -0.2) is 37.7 Å². The Morgan fingerprint density at radius 3 is 2.58 bits per heavy atom. The van der Waals surface area contributed by atoms with Gasteiger partial charge in [0.25, 0.3) is 5.91 Å². The van der Waals surface area contributed by atoms with Crippen LogP contribution in [0, 0.1) is 6.92 Å². The number of hydrogen-bond acceptors (Lipinski definition) is 7. The zero-order valence-electron chi connectivity index (χ0n) is 17.2. The van der Waals surface area contributed by atoms with Crippen LogP contribution in [-0.2, 0) is 20.7 Å². The van der Waals surface area contributed by atoms with Crippen molar-refractivity contribution in [3.05, 3.63) is 58.1 Å². The van der Waals surface area contributed by atoms with Crippen LogP contribution in [0.3, 0.4) is 0 Å². The zero-order chi connectivity index (χ0) is 22.4. The van der Waals surface area contributed by atoms with E-state index in [2.05, 4.69) is 10.3 Å². The van der Waals surface area contributed by atoms with Crippen LogP contribution in [0.2, 0.25) is 5.02 Å². The summed E-state index contributed by atoms with van der Waals surface area (Å²) in [6.45, 7) is 1.47. The molecule has 0 atom stereocenters. The Hall–Kier alpha value is -3.10. The number of aryl methyl sites for hydroxylation is 1. The van der Waals surface area contributed by atoms with Crippen LogP contribution in [0.1, 0.15) is 11.3 Å². The number of carbonyl (C=O) groups excluding carboxylic acids is 2. The summed E-state index contributed by atoms with van der Waals surface area (Å²) in [6, 6.07) is 10.6. The fourth-order valence-electron chi connectivity index (χ4n) is 2.70. The van der Waals surface area contributed by atoms with Gasteiger partial charge in [0.05, 0.1) is 26.3 Å². The number of nitrogens with one attached hydrogen (secondary N) is 1. The molecule has 7 nitrogen and oxygen atoms in total. The van der Waals surface area contributed by atoms with Crippen molar-refractivity contribution >= 4 is 40.5 Å². The number of hydrogen-bond donors (Lipinski definition) is 1. The predicted molar refractivity (Wildman–Crippen MR) is 120 cm³/mol. The molecular formula is C22H21ClN2O5S. The van der Waals surface area contributed by atoms with Gasteiger partial charge in [-0.1, -0.05) is 17.7 Å². The van der Waals surface area contributed by atoms with Crippen LogP contribution in [0.25, 0.3) is 10.6 Å². The van der Waals surface area contributed by atoms with Gasteiger partial charge in [-0.2, -0.15) is 0 Å². The van der Waals surface area contributed by atoms with Gasteiger partial charge in [-0.05, 0) is 42.8 Å². The van der Waals surface area contributed by atoms with Crippen molar-refractivity contribution in [2.75, 3.05) is 26.1 Å². The summed E-state index contributed by atoms with van der Waals surface area (Å²) >= 11 is 7.44. The maximum atomic E-state index is 12.1. The van der Waals surface area contributed by atoms with Crippen LogP contribution in [0.4, 0.5) is 5.69 Å². The van der Waals surface area contributed by atoms with E-state index >= 15 is 0 Å². The molecule has 1 amide bonds. The maximum absolute atomic E-state index is 12.1. The van der Waals surface area contributed by atoms with Crippen LogP contribution in [0.5, 0.6) is 11.5 Å². The van der Waals surface area contributed by atoms with Crippen LogP contribution in [0.15, 0.2) is 41.8 Å². The highest BCUT2D eigenvalue weighted by Crippen LogP contribution is 2.33. The normalized spacial score (nSPS) is 10.5. The molecule has 0 aliphatic heterocycles. The topological polar surface area (TPSA) is 86.8 Å². The summed E-state index contributed by atoms with van der Waals surface area (Å²) < 4.78 is 15.6. The summed E-state index contributed by atoms with van der Waals surface area (Å²) in [5.41, 5.74) is 2.85. The first-order chi connectivity index (χ1) is 14.9. The highest BCUT2D eigenvalue weighted by Gasteiger charge is 2.14. The second-order valence-corrected chi connectivity index (χ2v) is 7.83. The number of aromatic nitrogens is 1. The van der Waals surface area contributed by atoms with E-state index in [4.69, 9.17) is 25.8 Å². The number of methoxy groups -OCH3 is 2. The quantitative estimate of drug-likeness (QED) is 0.497. The number of nitrogens with zero attached hydrogens (tertiary/aromatic N) is 1. The third-order valence-corrected chi connectivity index (χ3v) is 5.67. The average Bonchev–Trinajstić information content (AvgIpc) is 3.22. The van der Waals surface area contributed by atoms with Gasteiger partial charge in [-0.25, -0.2) is 4.98 Å². The van der Waals surface area contributed by atoms with E-state index < -0.39 is 18.5 Å². The number of rotatable bonds is 8. The van der Waals surface area contributed by atoms with E-state index in [0.717, 1.165) is 16.1 Å². The Bertz CT molecular complexity index is 1100. The van der Waals surface area contributed by atoms with Gasteiger partial charge in [0, 0.05) is 21.7 Å². The van der Waals surface area contributed by atoms with E-state index in [1.165, 1.54) is 11.3 Å². The van der Waals surface area contributed by atoms with Crippen molar-refractivity contribution in [2.45, 2.75) is 13.3 Å². The largest absolute Gasteiger partial charge is 0.493 e. The molecule has 162 valence electrons. The molecule has 1 heterocycles. The standard InChI is InChI=1S/C22H21ClN2O5S/c1-13-4-6-15(9-17(13)23)24-20(26)11-30-21(27)10-16-12-31-22(25-16)14-5-7-18(28-2)19(8-14)29-3/h4-9,12H,10-11H2,1-3H3,(H,24,26). The number of esters is 1. The molecule has 0 fully saturated rings. The van der Waals surface area contributed by atoms with Crippen LogP contribution < -0.4 is 14.8 Å². The van der Waals surface area contributed by atoms with E-state index in [1.807, 2.05) is 19.1 Å². The summed E-state index contributed by atoms with van der Waals surface area (Å²) in [6.07, 6.45) is -0.0343. The molecule has 3 rings (SSSR count). The van der Waals surface area contributed by atoms with Crippen molar-refractivity contribution in [2.24, 2.45) is 0 Å². The smallest absolute Gasteiger partial charge is 0.312 e. The minimum absolute atomic E-state index is 0.0343. The van der Waals surface area contributed by atoms with E-state index in [-0.39, 0.29) is 6.42 Å². The molecule has 0 unspecified atom stereocenters. The monoisotopic (exact) mass is 460 g/mol. The number of benzene rings is 2. The first-order valence-corrected chi connectivity index (χ1v) is 10.5. The van der Waals surface area contributed by atoms with Gasteiger partial charge < -0.3 is 19.5 Å². The highest BCUT2D eigenvalue weighted by atomic mass is 35.5. The molecular weight excluding hydrogens is 440 g/mol. The van der Waals surface area contributed by atoms with Crippen molar-refractivity contribution in [1.82, 2.24) is 4.98 Å². The van der Waals surface area contributed by atoms with Gasteiger partial charge in [0.15, 0.2) is 18.1 Å². The van der Waals surface area contributed by atoms with E-state index in [1.54, 1.807) is 43.9 Å². The minimum atomic E-state index is -0.541. The van der Waals surface area contributed by atoms with Crippen molar-refractivity contribution in [3.8, 4) is 22.1 Å². The molecule has 0 aliphatic carbocycles. The predicted octanol–water partition coefficient (Wildman–Crippen LogP) is 4.51. The number of thiazole rings is 1. The number of ether oxygens (including phenoxy) is 3. The minimum Gasteiger partial charge on any atom is -0.493 e. The molecule has 31 heavy (non-hydrogen) atoms. The van der Waals surface area contributed by atoms with Gasteiger partial charge in [-0.15, -0.1) is 11.3 Å². The number of anilines is 1. The first-order valence-electron chi connectivity index (χ1n) is 9.28. The number of amides is 1. The number of halogens is 1. The molecule has 3 aromatic rings.